The number of nitrogens with zero attached hydrogens (tertiary/aromatic N) is 1. The van der Waals surface area contributed by atoms with Crippen molar-refractivity contribution in [3.63, 3.8) is 0 Å². The lowest BCUT2D eigenvalue weighted by molar-refractivity contribution is 0.104. The number of thiophene rings is 1. The Bertz CT molecular complexity index is 832. The standard InChI is InChI=1S/C15H10N2O2S/c1-19-10-5-3-2-4-8(10)12-11-13(17-16-12)9-6-7-20-15(9)14(11)18/h2-7H,1H3,(H,16,17). The molecule has 0 aliphatic heterocycles. The van der Waals surface area contributed by atoms with Crippen LogP contribution in [-0.4, -0.2) is 23.1 Å². The minimum atomic E-state index is 0.0413. The third kappa shape index (κ3) is 1.35. The molecule has 98 valence electrons. The molecule has 2 aromatic heterocycles. The molecule has 1 aromatic carbocycles. The molecule has 3 aromatic rings. The summed E-state index contributed by atoms with van der Waals surface area (Å²) < 4.78 is 5.36. The van der Waals surface area contributed by atoms with E-state index in [1.807, 2.05) is 35.7 Å². The van der Waals surface area contributed by atoms with Crippen molar-refractivity contribution in [1.82, 2.24) is 10.2 Å². The van der Waals surface area contributed by atoms with Crippen LogP contribution in [0.5, 0.6) is 5.75 Å². The molecule has 0 bridgehead atoms. The fourth-order valence-corrected chi connectivity index (χ4v) is 3.44. The lowest BCUT2D eigenvalue weighted by atomic mass is 10.0. The van der Waals surface area contributed by atoms with Crippen molar-refractivity contribution in [3.8, 4) is 28.3 Å². The molecule has 0 unspecified atom stereocenters. The highest BCUT2D eigenvalue weighted by molar-refractivity contribution is 7.13. The Balaban J connectivity index is 1.97. The molecule has 1 aliphatic carbocycles. The van der Waals surface area contributed by atoms with Gasteiger partial charge in [-0.3, -0.25) is 9.89 Å². The van der Waals surface area contributed by atoms with Crippen LogP contribution in [0.25, 0.3) is 22.5 Å². The van der Waals surface area contributed by atoms with E-state index >= 15 is 0 Å². The van der Waals surface area contributed by atoms with E-state index in [4.69, 9.17) is 4.74 Å². The maximum Gasteiger partial charge on any atom is 0.208 e. The number of H-pyrrole nitrogens is 1. The van der Waals surface area contributed by atoms with Gasteiger partial charge in [-0.05, 0) is 23.6 Å². The van der Waals surface area contributed by atoms with Crippen LogP contribution < -0.4 is 4.74 Å². The Morgan fingerprint density at radius 3 is 2.90 bits per heavy atom. The van der Waals surface area contributed by atoms with E-state index in [0.29, 0.717) is 17.0 Å². The molecular weight excluding hydrogens is 272 g/mol. The number of rotatable bonds is 2. The Morgan fingerprint density at radius 1 is 1.20 bits per heavy atom. The number of aromatic nitrogens is 2. The van der Waals surface area contributed by atoms with Gasteiger partial charge >= 0.3 is 0 Å². The van der Waals surface area contributed by atoms with Gasteiger partial charge < -0.3 is 4.74 Å². The number of carbonyl (C=O) groups is 1. The third-order valence-corrected chi connectivity index (χ3v) is 4.41. The van der Waals surface area contributed by atoms with Crippen molar-refractivity contribution in [2.24, 2.45) is 0 Å². The maximum absolute atomic E-state index is 12.5. The molecule has 0 saturated heterocycles. The summed E-state index contributed by atoms with van der Waals surface area (Å²) in [6.07, 6.45) is 0. The van der Waals surface area contributed by atoms with Crippen LogP contribution in [0.4, 0.5) is 0 Å². The summed E-state index contributed by atoms with van der Waals surface area (Å²) in [5.41, 5.74) is 3.90. The van der Waals surface area contributed by atoms with Gasteiger partial charge in [-0.25, -0.2) is 0 Å². The Kier molecular flexibility index (Phi) is 2.31. The first-order valence-corrected chi connectivity index (χ1v) is 7.03. The van der Waals surface area contributed by atoms with Crippen molar-refractivity contribution in [3.05, 3.63) is 46.2 Å². The first kappa shape index (κ1) is 11.4. The smallest absolute Gasteiger partial charge is 0.208 e. The molecule has 0 amide bonds. The summed E-state index contributed by atoms with van der Waals surface area (Å²) in [5, 5.41) is 9.24. The van der Waals surface area contributed by atoms with Gasteiger partial charge in [-0.15, -0.1) is 11.3 Å². The largest absolute Gasteiger partial charge is 0.496 e. The first-order valence-electron chi connectivity index (χ1n) is 6.15. The van der Waals surface area contributed by atoms with Crippen LogP contribution in [0.3, 0.4) is 0 Å². The number of nitrogens with one attached hydrogen (secondary N) is 1. The molecule has 0 spiro atoms. The molecular formula is C15H10N2O2S. The van der Waals surface area contributed by atoms with Crippen molar-refractivity contribution in [2.75, 3.05) is 7.11 Å². The quantitative estimate of drug-likeness (QED) is 0.613. The van der Waals surface area contributed by atoms with Gasteiger partial charge in [0.05, 0.1) is 23.2 Å². The molecule has 0 saturated carbocycles. The van der Waals surface area contributed by atoms with Gasteiger partial charge in [0.1, 0.15) is 11.4 Å². The van der Waals surface area contributed by atoms with Crippen molar-refractivity contribution in [1.29, 1.82) is 0 Å². The van der Waals surface area contributed by atoms with Gasteiger partial charge in [0.2, 0.25) is 5.78 Å². The second kappa shape index (κ2) is 4.05. The molecule has 0 fully saturated rings. The highest BCUT2D eigenvalue weighted by atomic mass is 32.1. The molecule has 0 radical (unpaired) electrons. The monoisotopic (exact) mass is 282 g/mol. The number of hydrogen-bond donors (Lipinski definition) is 1. The minimum absolute atomic E-state index is 0.0413. The van der Waals surface area contributed by atoms with E-state index in [9.17, 15) is 4.79 Å². The topological polar surface area (TPSA) is 55.0 Å². The van der Waals surface area contributed by atoms with Crippen LogP contribution in [0.1, 0.15) is 15.2 Å². The minimum Gasteiger partial charge on any atom is -0.496 e. The van der Waals surface area contributed by atoms with Gasteiger partial charge in [0, 0.05) is 11.1 Å². The zero-order valence-corrected chi connectivity index (χ0v) is 11.5. The summed E-state index contributed by atoms with van der Waals surface area (Å²) in [7, 11) is 1.62. The molecule has 4 nitrogen and oxygen atoms in total. The summed E-state index contributed by atoms with van der Waals surface area (Å²) in [4.78, 5) is 13.3. The summed E-state index contributed by atoms with van der Waals surface area (Å²) in [5.74, 6) is 0.754. The molecule has 1 aliphatic rings. The van der Waals surface area contributed by atoms with E-state index < -0.39 is 0 Å². The zero-order valence-electron chi connectivity index (χ0n) is 10.6. The van der Waals surface area contributed by atoms with E-state index in [1.165, 1.54) is 11.3 Å². The average molecular weight is 282 g/mol. The summed E-state index contributed by atoms with van der Waals surface area (Å²) >= 11 is 1.47. The van der Waals surface area contributed by atoms with Crippen molar-refractivity contribution >= 4 is 17.1 Å². The number of benzene rings is 1. The number of ether oxygens (including phenoxy) is 1. The molecule has 0 atom stereocenters. The second-order valence-electron chi connectivity index (χ2n) is 4.52. The Morgan fingerprint density at radius 2 is 2.05 bits per heavy atom. The first-order chi connectivity index (χ1) is 9.81. The zero-order chi connectivity index (χ0) is 13.7. The fourth-order valence-electron chi connectivity index (χ4n) is 2.59. The predicted molar refractivity (Wildman–Crippen MR) is 77.3 cm³/mol. The van der Waals surface area contributed by atoms with Crippen LogP contribution >= 0.6 is 11.3 Å². The van der Waals surface area contributed by atoms with E-state index in [0.717, 1.165) is 21.7 Å². The van der Waals surface area contributed by atoms with Crippen LogP contribution in [-0.2, 0) is 0 Å². The van der Waals surface area contributed by atoms with Gasteiger partial charge in [0.15, 0.2) is 0 Å². The Hall–Kier alpha value is -2.40. The third-order valence-electron chi connectivity index (χ3n) is 3.50. The lowest BCUT2D eigenvalue weighted by Crippen LogP contribution is -1.97. The number of methoxy groups -OCH3 is 1. The molecule has 2 heterocycles. The number of fused-ring (bicyclic) bond motifs is 3. The number of para-hydroxylation sites is 1. The SMILES string of the molecule is COc1ccccc1-c1n[nH]c2c1C(=O)c1sccc1-2. The number of carbonyl (C=O) groups excluding carboxylic acids is 1. The van der Waals surface area contributed by atoms with Gasteiger partial charge in [0.25, 0.3) is 0 Å². The number of hydrogen-bond acceptors (Lipinski definition) is 4. The maximum atomic E-state index is 12.5. The fraction of sp³-hybridized carbons (Fsp3) is 0.0667. The molecule has 4 rings (SSSR count). The van der Waals surface area contributed by atoms with E-state index in [-0.39, 0.29) is 5.78 Å². The molecule has 5 heteroatoms. The molecule has 1 N–H and O–H groups in total. The van der Waals surface area contributed by atoms with Crippen LogP contribution in [0.15, 0.2) is 35.7 Å². The predicted octanol–water partition coefficient (Wildman–Crippen LogP) is 3.36. The van der Waals surface area contributed by atoms with Crippen LogP contribution in [0, 0.1) is 0 Å². The number of ketones is 1. The van der Waals surface area contributed by atoms with Gasteiger partial charge in [-0.1, -0.05) is 12.1 Å². The van der Waals surface area contributed by atoms with E-state index in [1.54, 1.807) is 7.11 Å². The Labute approximate surface area is 119 Å². The van der Waals surface area contributed by atoms with Gasteiger partial charge in [-0.2, -0.15) is 5.10 Å². The van der Waals surface area contributed by atoms with E-state index in [2.05, 4.69) is 10.2 Å². The lowest BCUT2D eigenvalue weighted by Gasteiger charge is -2.06. The highest BCUT2D eigenvalue weighted by Gasteiger charge is 2.34. The molecule has 20 heavy (non-hydrogen) atoms. The average Bonchev–Trinajstić information content (AvgIpc) is 3.16. The normalized spacial score (nSPS) is 12.3. The second-order valence-corrected chi connectivity index (χ2v) is 5.43. The number of aromatic amines is 1. The summed E-state index contributed by atoms with van der Waals surface area (Å²) in [6, 6.07) is 9.54. The van der Waals surface area contributed by atoms with Crippen molar-refractivity contribution < 1.29 is 9.53 Å². The summed E-state index contributed by atoms with van der Waals surface area (Å²) in [6.45, 7) is 0. The van der Waals surface area contributed by atoms with Crippen molar-refractivity contribution in [2.45, 2.75) is 0 Å². The highest BCUT2D eigenvalue weighted by Crippen LogP contribution is 2.43. The van der Waals surface area contributed by atoms with Crippen LogP contribution in [0.2, 0.25) is 0 Å².